The third kappa shape index (κ3) is 4.42. The van der Waals surface area contributed by atoms with Crippen LogP contribution in [0.1, 0.15) is 35.2 Å². The first kappa shape index (κ1) is 19.9. The highest BCUT2D eigenvalue weighted by Gasteiger charge is 2.14. The molecule has 156 valence electrons. The van der Waals surface area contributed by atoms with Gasteiger partial charge in [0.15, 0.2) is 0 Å². The average Bonchev–Trinajstić information content (AvgIpc) is 3.44. The van der Waals surface area contributed by atoms with Gasteiger partial charge in [0.25, 0.3) is 0 Å². The van der Waals surface area contributed by atoms with Crippen molar-refractivity contribution in [3.05, 3.63) is 65.3 Å². The fourth-order valence-electron chi connectivity index (χ4n) is 3.58. The Morgan fingerprint density at radius 2 is 2.00 bits per heavy atom. The normalized spacial score (nSPS) is 11.3. The van der Waals surface area contributed by atoms with Gasteiger partial charge in [-0.1, -0.05) is 18.2 Å². The molecule has 1 N–H and O–H groups in total. The van der Waals surface area contributed by atoms with Crippen LogP contribution in [0.2, 0.25) is 0 Å². The summed E-state index contributed by atoms with van der Waals surface area (Å²) < 4.78 is 7.69. The van der Waals surface area contributed by atoms with Crippen LogP contribution in [-0.2, 0) is 24.2 Å². The second-order valence-corrected chi connectivity index (χ2v) is 7.59. The van der Waals surface area contributed by atoms with Crippen LogP contribution >= 0.6 is 0 Å². The van der Waals surface area contributed by atoms with Crippen molar-refractivity contribution >= 4 is 16.8 Å². The van der Waals surface area contributed by atoms with E-state index in [-0.39, 0.29) is 5.91 Å². The molecule has 0 radical (unpaired) electrons. The quantitative estimate of drug-likeness (QED) is 0.485. The number of nitrogens with zero attached hydrogens (tertiary/aromatic N) is 5. The fraction of sp³-hybridized carbons (Fsp3) is 0.364. The monoisotopic (exact) mass is 406 g/mol. The zero-order valence-corrected chi connectivity index (χ0v) is 17.6. The second-order valence-electron chi connectivity index (χ2n) is 7.59. The van der Waals surface area contributed by atoms with E-state index in [1.807, 2.05) is 56.0 Å². The van der Waals surface area contributed by atoms with Gasteiger partial charge in [-0.05, 0) is 31.5 Å². The highest BCUT2D eigenvalue weighted by Crippen LogP contribution is 2.20. The summed E-state index contributed by atoms with van der Waals surface area (Å²) >= 11 is 0. The minimum atomic E-state index is 0.0490. The number of aromatic nitrogens is 5. The molecular formula is C22H26N6O2. The van der Waals surface area contributed by atoms with Gasteiger partial charge >= 0.3 is 0 Å². The summed E-state index contributed by atoms with van der Waals surface area (Å²) in [6.07, 6.45) is 3.30. The minimum absolute atomic E-state index is 0.0490. The van der Waals surface area contributed by atoms with Crippen LogP contribution in [0.3, 0.4) is 0 Å². The van der Waals surface area contributed by atoms with Crippen LogP contribution in [-0.4, -0.2) is 49.4 Å². The van der Waals surface area contributed by atoms with Gasteiger partial charge in [0, 0.05) is 49.2 Å². The van der Waals surface area contributed by atoms with Crippen molar-refractivity contribution in [1.82, 2.24) is 29.9 Å². The van der Waals surface area contributed by atoms with Crippen molar-refractivity contribution in [3.63, 3.8) is 0 Å². The summed E-state index contributed by atoms with van der Waals surface area (Å²) in [7, 11) is 1.81. The number of rotatable bonds is 8. The maximum absolute atomic E-state index is 12.4. The van der Waals surface area contributed by atoms with E-state index >= 15 is 0 Å². The number of benzene rings is 1. The molecule has 0 aliphatic heterocycles. The molecule has 8 heteroatoms. The van der Waals surface area contributed by atoms with Gasteiger partial charge in [-0.25, -0.2) is 0 Å². The maximum atomic E-state index is 12.4. The summed E-state index contributed by atoms with van der Waals surface area (Å²) in [6.45, 7) is 5.27. The lowest BCUT2D eigenvalue weighted by molar-refractivity contribution is -0.130. The molecule has 8 nitrogen and oxygen atoms in total. The van der Waals surface area contributed by atoms with Gasteiger partial charge in [-0.2, -0.15) is 5.10 Å². The number of H-pyrrole nitrogens is 1. The molecule has 0 saturated carbocycles. The van der Waals surface area contributed by atoms with E-state index in [9.17, 15) is 4.79 Å². The van der Waals surface area contributed by atoms with Crippen molar-refractivity contribution in [2.45, 2.75) is 39.7 Å². The lowest BCUT2D eigenvalue weighted by atomic mass is 10.1. The first-order valence-electron chi connectivity index (χ1n) is 10.1. The molecule has 3 aromatic heterocycles. The molecule has 0 fully saturated rings. The Morgan fingerprint density at radius 3 is 2.80 bits per heavy atom. The molecule has 0 saturated heterocycles. The van der Waals surface area contributed by atoms with Crippen LogP contribution < -0.4 is 0 Å². The number of para-hydroxylation sites is 1. The molecule has 4 aromatic rings. The van der Waals surface area contributed by atoms with E-state index in [0.29, 0.717) is 44.1 Å². The highest BCUT2D eigenvalue weighted by molar-refractivity contribution is 5.83. The Hall–Kier alpha value is -3.42. The van der Waals surface area contributed by atoms with Gasteiger partial charge in [-0.15, -0.1) is 10.2 Å². The number of aromatic amines is 1. The predicted molar refractivity (Wildman–Crippen MR) is 113 cm³/mol. The van der Waals surface area contributed by atoms with E-state index in [1.165, 1.54) is 0 Å². The zero-order valence-electron chi connectivity index (χ0n) is 17.6. The number of hydrogen-bond donors (Lipinski definition) is 1. The van der Waals surface area contributed by atoms with Crippen LogP contribution in [0.25, 0.3) is 10.9 Å². The second kappa shape index (κ2) is 8.52. The molecule has 0 bridgehead atoms. The first-order chi connectivity index (χ1) is 14.5. The van der Waals surface area contributed by atoms with Crippen molar-refractivity contribution in [2.24, 2.45) is 0 Å². The van der Waals surface area contributed by atoms with Gasteiger partial charge in [0.05, 0.1) is 18.7 Å². The van der Waals surface area contributed by atoms with Crippen molar-refractivity contribution in [2.75, 3.05) is 13.6 Å². The molecule has 1 amide bonds. The number of amides is 1. The molecule has 0 spiro atoms. The fourth-order valence-corrected chi connectivity index (χ4v) is 3.58. The summed E-state index contributed by atoms with van der Waals surface area (Å²) in [5, 5.41) is 13.8. The average molecular weight is 406 g/mol. The standard InChI is InChI=1S/C22H26N6O2/c1-15-12-16(2)28(26-15)11-10-27(3)22(29)9-8-20-24-25-21(30-20)13-17-14-23-19-7-5-4-6-18(17)19/h4-7,12,14,23H,8-11,13H2,1-3H3. The molecule has 0 unspecified atom stereocenters. The highest BCUT2D eigenvalue weighted by atomic mass is 16.4. The number of aryl methyl sites for hydroxylation is 3. The Bertz CT molecular complexity index is 1160. The zero-order chi connectivity index (χ0) is 21.1. The predicted octanol–water partition coefficient (Wildman–Crippen LogP) is 3.05. The SMILES string of the molecule is Cc1cc(C)n(CCN(C)C(=O)CCc2nnc(Cc3c[nH]c4ccccc34)o2)n1. The number of nitrogens with one attached hydrogen (secondary N) is 1. The van der Waals surface area contributed by atoms with Crippen LogP contribution in [0.4, 0.5) is 0 Å². The van der Waals surface area contributed by atoms with E-state index < -0.39 is 0 Å². The lowest BCUT2D eigenvalue weighted by Crippen LogP contribution is -2.30. The first-order valence-corrected chi connectivity index (χ1v) is 10.1. The molecule has 30 heavy (non-hydrogen) atoms. The summed E-state index contributed by atoms with van der Waals surface area (Å²) in [5.74, 6) is 1.10. The Morgan fingerprint density at radius 1 is 1.20 bits per heavy atom. The largest absolute Gasteiger partial charge is 0.425 e. The Balaban J connectivity index is 1.28. The number of carbonyl (C=O) groups excluding carboxylic acids is 1. The molecule has 1 aromatic carbocycles. The molecule has 0 aliphatic carbocycles. The van der Waals surface area contributed by atoms with Gasteiger partial charge in [0.1, 0.15) is 0 Å². The lowest BCUT2D eigenvalue weighted by Gasteiger charge is -2.17. The third-order valence-corrected chi connectivity index (χ3v) is 5.25. The maximum Gasteiger partial charge on any atom is 0.222 e. The summed E-state index contributed by atoms with van der Waals surface area (Å²) in [6, 6.07) is 10.1. The van der Waals surface area contributed by atoms with Gasteiger partial charge in [-0.3, -0.25) is 9.48 Å². The topological polar surface area (TPSA) is 92.8 Å². The van der Waals surface area contributed by atoms with Crippen LogP contribution in [0.5, 0.6) is 0 Å². The molecule has 0 aliphatic rings. The van der Waals surface area contributed by atoms with E-state index in [4.69, 9.17) is 4.42 Å². The van der Waals surface area contributed by atoms with Crippen molar-refractivity contribution < 1.29 is 9.21 Å². The number of fused-ring (bicyclic) bond motifs is 1. The molecule has 3 heterocycles. The number of likely N-dealkylation sites (N-methyl/N-ethyl adjacent to an activating group) is 1. The smallest absolute Gasteiger partial charge is 0.222 e. The van der Waals surface area contributed by atoms with Crippen molar-refractivity contribution in [3.8, 4) is 0 Å². The van der Waals surface area contributed by atoms with Gasteiger partial charge in [0.2, 0.25) is 17.7 Å². The van der Waals surface area contributed by atoms with E-state index in [1.54, 1.807) is 4.90 Å². The van der Waals surface area contributed by atoms with E-state index in [0.717, 1.165) is 27.9 Å². The summed E-state index contributed by atoms with van der Waals surface area (Å²) in [4.78, 5) is 17.4. The molecule has 0 atom stereocenters. The van der Waals surface area contributed by atoms with E-state index in [2.05, 4.69) is 26.3 Å². The van der Waals surface area contributed by atoms with Crippen molar-refractivity contribution in [1.29, 1.82) is 0 Å². The van der Waals surface area contributed by atoms with Crippen LogP contribution in [0.15, 0.2) is 40.9 Å². The minimum Gasteiger partial charge on any atom is -0.425 e. The Labute approximate surface area is 174 Å². The van der Waals surface area contributed by atoms with Gasteiger partial charge < -0.3 is 14.3 Å². The Kier molecular flexibility index (Phi) is 5.65. The molecule has 4 rings (SSSR count). The number of carbonyl (C=O) groups is 1. The summed E-state index contributed by atoms with van der Waals surface area (Å²) in [5.41, 5.74) is 4.28. The van der Waals surface area contributed by atoms with Crippen LogP contribution in [0, 0.1) is 13.8 Å². The number of hydrogen-bond acceptors (Lipinski definition) is 5. The molecular weight excluding hydrogens is 380 g/mol. The third-order valence-electron chi connectivity index (χ3n) is 5.25.